The monoisotopic (exact) mass is 225 g/mol. The number of aromatic amines is 1. The quantitative estimate of drug-likeness (QED) is 0.477. The summed E-state index contributed by atoms with van der Waals surface area (Å²) < 4.78 is 0. The molecule has 0 bridgehead atoms. The van der Waals surface area contributed by atoms with Crippen LogP contribution in [0.15, 0.2) is 6.20 Å². The Morgan fingerprint density at radius 2 is 2.31 bits per heavy atom. The number of aryl methyl sites for hydroxylation is 2. The highest BCUT2D eigenvalue weighted by atomic mass is 16.4. The Bertz CT molecular complexity index is 373. The van der Waals surface area contributed by atoms with Crippen molar-refractivity contribution in [3.8, 4) is 0 Å². The van der Waals surface area contributed by atoms with Gasteiger partial charge in [0.05, 0.1) is 6.20 Å². The Morgan fingerprint density at radius 3 is 2.88 bits per heavy atom. The second kappa shape index (κ2) is 5.89. The number of amides is 1. The Morgan fingerprint density at radius 1 is 1.56 bits per heavy atom. The zero-order valence-electron chi connectivity index (χ0n) is 9.12. The molecule has 0 unspecified atom stereocenters. The van der Waals surface area contributed by atoms with Crippen molar-refractivity contribution in [2.75, 3.05) is 6.54 Å². The number of carboxylic acids is 1. The summed E-state index contributed by atoms with van der Waals surface area (Å²) in [5, 5.41) is 17.6. The molecular formula is C10H15N3O3. The highest BCUT2D eigenvalue weighted by Crippen LogP contribution is 2.04. The number of carbonyl (C=O) groups excluding carboxylic acids is 1. The smallest absolute Gasteiger partial charge is 0.312 e. The average Bonchev–Trinajstić information content (AvgIpc) is 2.58. The Labute approximate surface area is 93.1 Å². The minimum Gasteiger partial charge on any atom is -0.481 e. The fraction of sp³-hybridized carbons (Fsp3) is 0.500. The topological polar surface area (TPSA) is 95.1 Å². The molecule has 16 heavy (non-hydrogen) atoms. The molecular weight excluding hydrogens is 210 g/mol. The van der Waals surface area contributed by atoms with Gasteiger partial charge in [-0.15, -0.1) is 0 Å². The summed E-state index contributed by atoms with van der Waals surface area (Å²) in [7, 11) is 0. The van der Waals surface area contributed by atoms with Gasteiger partial charge in [0.25, 0.3) is 0 Å². The van der Waals surface area contributed by atoms with E-state index in [2.05, 4.69) is 15.5 Å². The minimum atomic E-state index is -1.11. The number of nitrogens with zero attached hydrogens (tertiary/aromatic N) is 1. The van der Waals surface area contributed by atoms with Crippen LogP contribution in [0.5, 0.6) is 0 Å². The molecule has 1 rings (SSSR count). The van der Waals surface area contributed by atoms with Crippen LogP contribution in [-0.4, -0.2) is 33.7 Å². The zero-order chi connectivity index (χ0) is 12.0. The lowest BCUT2D eigenvalue weighted by molar-refractivity contribution is -0.140. The van der Waals surface area contributed by atoms with Gasteiger partial charge in [0.2, 0.25) is 5.91 Å². The van der Waals surface area contributed by atoms with Crippen molar-refractivity contribution >= 4 is 11.9 Å². The standard InChI is InChI=1S/C10H15N3O3/c1-7-8(6-12-13-7)3-2-4-11-9(14)5-10(15)16/h6H,2-5H2,1H3,(H,11,14)(H,12,13)(H,15,16). The number of rotatable bonds is 6. The SMILES string of the molecule is Cc1[nH]ncc1CCCNC(=O)CC(=O)O. The fourth-order valence-electron chi connectivity index (χ4n) is 1.33. The van der Waals surface area contributed by atoms with Crippen molar-refractivity contribution in [1.29, 1.82) is 0 Å². The number of nitrogens with one attached hydrogen (secondary N) is 2. The maximum Gasteiger partial charge on any atom is 0.312 e. The second-order valence-electron chi connectivity index (χ2n) is 3.54. The summed E-state index contributed by atoms with van der Waals surface area (Å²) in [6, 6.07) is 0. The molecule has 0 radical (unpaired) electrons. The first-order valence-corrected chi connectivity index (χ1v) is 5.07. The van der Waals surface area contributed by atoms with Crippen LogP contribution >= 0.6 is 0 Å². The highest BCUT2D eigenvalue weighted by molar-refractivity contribution is 5.93. The third kappa shape index (κ3) is 4.12. The van der Waals surface area contributed by atoms with Crippen molar-refractivity contribution in [2.45, 2.75) is 26.2 Å². The average molecular weight is 225 g/mol. The largest absolute Gasteiger partial charge is 0.481 e. The molecule has 0 saturated carbocycles. The molecule has 0 aliphatic carbocycles. The van der Waals surface area contributed by atoms with Gasteiger partial charge < -0.3 is 10.4 Å². The molecule has 0 aliphatic rings. The summed E-state index contributed by atoms with van der Waals surface area (Å²) in [5.41, 5.74) is 2.14. The molecule has 1 aromatic heterocycles. The van der Waals surface area contributed by atoms with Crippen molar-refractivity contribution in [1.82, 2.24) is 15.5 Å². The van der Waals surface area contributed by atoms with Gasteiger partial charge in [0.1, 0.15) is 6.42 Å². The number of H-pyrrole nitrogens is 1. The second-order valence-corrected chi connectivity index (χ2v) is 3.54. The number of hydrogen-bond acceptors (Lipinski definition) is 3. The number of carboxylic acid groups (broad SMARTS) is 1. The van der Waals surface area contributed by atoms with Gasteiger partial charge in [-0.05, 0) is 25.3 Å². The third-order valence-corrected chi connectivity index (χ3v) is 2.19. The van der Waals surface area contributed by atoms with E-state index in [1.54, 1.807) is 6.20 Å². The van der Waals surface area contributed by atoms with Gasteiger partial charge in [-0.3, -0.25) is 14.7 Å². The molecule has 1 heterocycles. The normalized spacial score (nSPS) is 10.1. The van der Waals surface area contributed by atoms with E-state index in [4.69, 9.17) is 5.11 Å². The van der Waals surface area contributed by atoms with Crippen LogP contribution in [0.3, 0.4) is 0 Å². The predicted molar refractivity (Wildman–Crippen MR) is 56.9 cm³/mol. The van der Waals surface area contributed by atoms with Gasteiger partial charge in [-0.25, -0.2) is 0 Å². The Kier molecular flexibility index (Phi) is 4.50. The molecule has 1 amide bonds. The summed E-state index contributed by atoms with van der Waals surface area (Å²) in [6.45, 7) is 2.42. The molecule has 0 spiro atoms. The van der Waals surface area contributed by atoms with E-state index >= 15 is 0 Å². The first kappa shape index (κ1) is 12.2. The van der Waals surface area contributed by atoms with Crippen LogP contribution in [0, 0.1) is 6.92 Å². The van der Waals surface area contributed by atoms with E-state index in [0.717, 1.165) is 24.1 Å². The van der Waals surface area contributed by atoms with Crippen molar-refractivity contribution in [3.63, 3.8) is 0 Å². The highest BCUT2D eigenvalue weighted by Gasteiger charge is 2.06. The molecule has 6 nitrogen and oxygen atoms in total. The van der Waals surface area contributed by atoms with Gasteiger partial charge >= 0.3 is 5.97 Å². The summed E-state index contributed by atoms with van der Waals surface area (Å²) in [5.74, 6) is -1.56. The molecule has 0 aromatic carbocycles. The van der Waals surface area contributed by atoms with Gasteiger partial charge in [-0.1, -0.05) is 0 Å². The molecule has 0 fully saturated rings. The maximum atomic E-state index is 11.0. The van der Waals surface area contributed by atoms with Crippen LogP contribution in [0.2, 0.25) is 0 Å². The van der Waals surface area contributed by atoms with E-state index in [1.165, 1.54) is 0 Å². The van der Waals surface area contributed by atoms with Crippen molar-refractivity contribution < 1.29 is 14.7 Å². The van der Waals surface area contributed by atoms with Crippen LogP contribution in [0.1, 0.15) is 24.1 Å². The molecule has 0 saturated heterocycles. The van der Waals surface area contributed by atoms with Gasteiger partial charge in [0.15, 0.2) is 0 Å². The lowest BCUT2D eigenvalue weighted by Crippen LogP contribution is -2.26. The number of aliphatic carboxylic acids is 1. The van der Waals surface area contributed by atoms with Gasteiger partial charge in [-0.2, -0.15) is 5.10 Å². The van der Waals surface area contributed by atoms with Crippen LogP contribution < -0.4 is 5.32 Å². The first-order valence-electron chi connectivity index (χ1n) is 5.07. The maximum absolute atomic E-state index is 11.0. The van der Waals surface area contributed by atoms with Crippen molar-refractivity contribution in [2.24, 2.45) is 0 Å². The summed E-state index contributed by atoms with van der Waals surface area (Å²) in [6.07, 6.45) is 2.88. The van der Waals surface area contributed by atoms with Gasteiger partial charge in [0, 0.05) is 12.2 Å². The molecule has 1 aromatic rings. The third-order valence-electron chi connectivity index (χ3n) is 2.19. The predicted octanol–water partition coefficient (Wildman–Crippen LogP) is 0.242. The number of carbonyl (C=O) groups is 2. The van der Waals surface area contributed by atoms with E-state index in [9.17, 15) is 9.59 Å². The minimum absolute atomic E-state index is 0.448. The van der Waals surface area contributed by atoms with Crippen LogP contribution in [-0.2, 0) is 16.0 Å². The lowest BCUT2D eigenvalue weighted by Gasteiger charge is -2.02. The molecule has 6 heteroatoms. The van der Waals surface area contributed by atoms with E-state index in [-0.39, 0.29) is 0 Å². The Hall–Kier alpha value is -1.85. The molecule has 0 aliphatic heterocycles. The molecule has 88 valence electrons. The summed E-state index contributed by atoms with van der Waals surface area (Å²) >= 11 is 0. The van der Waals surface area contributed by atoms with E-state index in [0.29, 0.717) is 6.54 Å². The van der Waals surface area contributed by atoms with E-state index < -0.39 is 18.3 Å². The van der Waals surface area contributed by atoms with Crippen LogP contribution in [0.4, 0.5) is 0 Å². The number of aromatic nitrogens is 2. The molecule has 0 atom stereocenters. The lowest BCUT2D eigenvalue weighted by atomic mass is 10.1. The Balaban J connectivity index is 2.15. The summed E-state index contributed by atoms with van der Waals surface area (Å²) in [4.78, 5) is 21.2. The molecule has 3 N–H and O–H groups in total. The zero-order valence-corrected chi connectivity index (χ0v) is 9.12. The van der Waals surface area contributed by atoms with Crippen molar-refractivity contribution in [3.05, 3.63) is 17.5 Å². The van der Waals surface area contributed by atoms with E-state index in [1.807, 2.05) is 6.92 Å². The van der Waals surface area contributed by atoms with Crippen LogP contribution in [0.25, 0.3) is 0 Å². The number of hydrogen-bond donors (Lipinski definition) is 3. The fourth-order valence-corrected chi connectivity index (χ4v) is 1.33. The first-order chi connectivity index (χ1) is 7.59.